The highest BCUT2D eigenvalue weighted by Crippen LogP contribution is 2.24. The molecule has 1 nitrogen and oxygen atoms in total. The Morgan fingerprint density at radius 1 is 1.22 bits per heavy atom. The van der Waals surface area contributed by atoms with Gasteiger partial charge in [-0.25, -0.2) is 0 Å². The lowest BCUT2D eigenvalue weighted by atomic mass is 10.2. The van der Waals surface area contributed by atoms with Crippen LogP contribution in [0, 0.1) is 6.92 Å². The molecule has 0 amide bonds. The van der Waals surface area contributed by atoms with Crippen molar-refractivity contribution >= 4 is 5.69 Å². The second kappa shape index (κ2) is 6.65. The summed E-state index contributed by atoms with van der Waals surface area (Å²) >= 11 is 0. The Bertz CT molecular complexity index is 475. The molecule has 0 radical (unpaired) electrons. The van der Waals surface area contributed by atoms with Crippen molar-refractivity contribution in [2.45, 2.75) is 20.8 Å². The first-order chi connectivity index (χ1) is 8.60. The molecule has 0 saturated carbocycles. The van der Waals surface area contributed by atoms with Crippen LogP contribution in [0.3, 0.4) is 0 Å². The van der Waals surface area contributed by atoms with Gasteiger partial charge in [-0.3, -0.25) is 0 Å². The number of rotatable bonds is 5. The van der Waals surface area contributed by atoms with E-state index >= 15 is 0 Å². The molecule has 0 bridgehead atoms. The van der Waals surface area contributed by atoms with Gasteiger partial charge in [-0.15, -0.1) is 0 Å². The molecule has 0 spiro atoms. The summed E-state index contributed by atoms with van der Waals surface area (Å²) < 4.78 is 0. The number of benzene rings is 1. The van der Waals surface area contributed by atoms with Crippen LogP contribution in [0.2, 0.25) is 0 Å². The van der Waals surface area contributed by atoms with Gasteiger partial charge in [-0.1, -0.05) is 43.0 Å². The van der Waals surface area contributed by atoms with Crippen LogP contribution < -0.4 is 4.90 Å². The maximum Gasteiger partial charge on any atom is 0.0458 e. The van der Waals surface area contributed by atoms with Crippen LogP contribution in [0.1, 0.15) is 19.4 Å². The van der Waals surface area contributed by atoms with E-state index in [1.165, 1.54) is 5.56 Å². The van der Waals surface area contributed by atoms with Crippen molar-refractivity contribution in [3.05, 3.63) is 78.7 Å². The molecule has 0 saturated heterocycles. The molecule has 1 aromatic carbocycles. The minimum atomic E-state index is 0.942. The third-order valence-electron chi connectivity index (χ3n) is 2.65. The van der Waals surface area contributed by atoms with Crippen molar-refractivity contribution in [2.75, 3.05) is 4.90 Å². The third kappa shape index (κ3) is 3.49. The molecular weight excluding hydrogens is 218 g/mol. The van der Waals surface area contributed by atoms with Crippen LogP contribution in [0.4, 0.5) is 5.69 Å². The third-order valence-corrected chi connectivity index (χ3v) is 2.65. The smallest absolute Gasteiger partial charge is 0.0458 e. The molecule has 0 aliphatic carbocycles. The Hall–Kier alpha value is -2.02. The standard InChI is InChI=1S/C17H21N/c1-6-8-15(4)18(16(5)9-7-2)17-12-10-14(3)11-13-17/h6-13H,1,5H2,2-4H3. The minimum Gasteiger partial charge on any atom is -0.315 e. The van der Waals surface area contributed by atoms with E-state index in [1.807, 2.05) is 25.2 Å². The maximum absolute atomic E-state index is 4.11. The zero-order valence-corrected chi connectivity index (χ0v) is 11.5. The number of nitrogens with zero attached hydrogens (tertiary/aromatic N) is 1. The van der Waals surface area contributed by atoms with Gasteiger partial charge in [0.25, 0.3) is 0 Å². The van der Waals surface area contributed by atoms with E-state index in [2.05, 4.69) is 56.2 Å². The molecule has 0 atom stereocenters. The summed E-state index contributed by atoms with van der Waals surface area (Å²) in [4.78, 5) is 2.11. The van der Waals surface area contributed by atoms with Gasteiger partial charge in [0.1, 0.15) is 0 Å². The van der Waals surface area contributed by atoms with Crippen LogP contribution in [0.25, 0.3) is 0 Å². The Labute approximate surface area is 110 Å². The van der Waals surface area contributed by atoms with Crippen LogP contribution in [0.5, 0.6) is 0 Å². The second-order valence-corrected chi connectivity index (χ2v) is 4.21. The van der Waals surface area contributed by atoms with Crippen molar-refractivity contribution < 1.29 is 0 Å². The summed E-state index contributed by atoms with van der Waals surface area (Å²) in [7, 11) is 0. The lowest BCUT2D eigenvalue weighted by Crippen LogP contribution is -2.18. The number of aryl methyl sites for hydroxylation is 1. The average Bonchev–Trinajstić information content (AvgIpc) is 2.33. The summed E-state index contributed by atoms with van der Waals surface area (Å²) in [5.74, 6) is 0. The molecule has 0 fully saturated rings. The predicted molar refractivity (Wildman–Crippen MR) is 81.6 cm³/mol. The maximum atomic E-state index is 4.11. The van der Waals surface area contributed by atoms with E-state index in [4.69, 9.17) is 0 Å². The van der Waals surface area contributed by atoms with Crippen molar-refractivity contribution in [1.29, 1.82) is 0 Å². The summed E-state index contributed by atoms with van der Waals surface area (Å²) in [5, 5.41) is 0. The van der Waals surface area contributed by atoms with Crippen molar-refractivity contribution in [3.8, 4) is 0 Å². The van der Waals surface area contributed by atoms with E-state index in [0.29, 0.717) is 0 Å². The molecule has 0 aromatic heterocycles. The molecule has 18 heavy (non-hydrogen) atoms. The summed E-state index contributed by atoms with van der Waals surface area (Å²) in [6.45, 7) is 14.0. The van der Waals surface area contributed by atoms with Gasteiger partial charge in [0.15, 0.2) is 0 Å². The number of allylic oxidation sites excluding steroid dienone is 5. The van der Waals surface area contributed by atoms with Crippen molar-refractivity contribution in [3.63, 3.8) is 0 Å². The Balaban J connectivity index is 3.19. The first-order valence-corrected chi connectivity index (χ1v) is 6.08. The normalized spacial score (nSPS) is 11.6. The fourth-order valence-electron chi connectivity index (χ4n) is 1.80. The average molecular weight is 239 g/mol. The summed E-state index contributed by atoms with van der Waals surface area (Å²) in [6.07, 6.45) is 7.76. The molecule has 0 aliphatic rings. The van der Waals surface area contributed by atoms with E-state index in [-0.39, 0.29) is 0 Å². The predicted octanol–water partition coefficient (Wildman–Crippen LogP) is 4.98. The lowest BCUT2D eigenvalue weighted by Gasteiger charge is -2.26. The van der Waals surface area contributed by atoms with E-state index in [0.717, 1.165) is 17.1 Å². The van der Waals surface area contributed by atoms with Crippen LogP contribution in [-0.2, 0) is 0 Å². The summed E-state index contributed by atoms with van der Waals surface area (Å²) in [6, 6.07) is 8.41. The number of hydrogen-bond acceptors (Lipinski definition) is 1. The summed E-state index contributed by atoms with van der Waals surface area (Å²) in [5.41, 5.74) is 4.40. The Morgan fingerprint density at radius 2 is 1.83 bits per heavy atom. The van der Waals surface area contributed by atoms with Gasteiger partial charge in [0, 0.05) is 17.1 Å². The second-order valence-electron chi connectivity index (χ2n) is 4.21. The number of anilines is 1. The van der Waals surface area contributed by atoms with Crippen LogP contribution >= 0.6 is 0 Å². The molecule has 94 valence electrons. The van der Waals surface area contributed by atoms with Crippen molar-refractivity contribution in [2.24, 2.45) is 0 Å². The molecular formula is C17H21N. The highest BCUT2D eigenvalue weighted by atomic mass is 15.1. The van der Waals surface area contributed by atoms with E-state index in [9.17, 15) is 0 Å². The van der Waals surface area contributed by atoms with E-state index in [1.54, 1.807) is 6.08 Å². The molecule has 0 N–H and O–H groups in total. The molecule has 1 aromatic rings. The monoisotopic (exact) mass is 239 g/mol. The van der Waals surface area contributed by atoms with Gasteiger partial charge in [0.05, 0.1) is 0 Å². The fraction of sp³-hybridized carbons (Fsp3) is 0.176. The molecule has 1 heteroatoms. The lowest BCUT2D eigenvalue weighted by molar-refractivity contribution is 1.10. The van der Waals surface area contributed by atoms with Gasteiger partial charge in [-0.05, 0) is 45.1 Å². The highest BCUT2D eigenvalue weighted by molar-refractivity contribution is 5.60. The van der Waals surface area contributed by atoms with Crippen LogP contribution in [-0.4, -0.2) is 0 Å². The van der Waals surface area contributed by atoms with Crippen LogP contribution in [0.15, 0.2) is 73.1 Å². The fourth-order valence-corrected chi connectivity index (χ4v) is 1.80. The topological polar surface area (TPSA) is 3.24 Å². The Morgan fingerprint density at radius 3 is 2.33 bits per heavy atom. The first-order valence-electron chi connectivity index (χ1n) is 6.08. The zero-order chi connectivity index (χ0) is 13.5. The number of hydrogen-bond donors (Lipinski definition) is 0. The minimum absolute atomic E-state index is 0.942. The SMILES string of the molecule is C=CC=C(C)N(C(=C)C=CC)c1ccc(C)cc1. The largest absolute Gasteiger partial charge is 0.315 e. The molecule has 0 unspecified atom stereocenters. The Kier molecular flexibility index (Phi) is 5.19. The van der Waals surface area contributed by atoms with Gasteiger partial charge in [-0.2, -0.15) is 0 Å². The van der Waals surface area contributed by atoms with Gasteiger partial charge < -0.3 is 4.90 Å². The zero-order valence-electron chi connectivity index (χ0n) is 11.5. The van der Waals surface area contributed by atoms with Gasteiger partial charge in [0.2, 0.25) is 0 Å². The quantitative estimate of drug-likeness (QED) is 0.655. The highest BCUT2D eigenvalue weighted by Gasteiger charge is 2.09. The van der Waals surface area contributed by atoms with Crippen molar-refractivity contribution in [1.82, 2.24) is 0 Å². The van der Waals surface area contributed by atoms with Gasteiger partial charge >= 0.3 is 0 Å². The van der Waals surface area contributed by atoms with E-state index < -0.39 is 0 Å². The molecule has 0 aliphatic heterocycles. The molecule has 1 rings (SSSR count). The molecule has 0 heterocycles. The first kappa shape index (κ1) is 14.0.